The van der Waals surface area contributed by atoms with Crippen LogP contribution in [0.25, 0.3) is 0 Å². The molecule has 0 saturated carbocycles. The molecule has 6 heteroatoms. The second-order valence-electron chi connectivity index (χ2n) is 4.72. The van der Waals surface area contributed by atoms with Gasteiger partial charge in [-0.05, 0) is 43.7 Å². The molecule has 4 nitrogen and oxygen atoms in total. The van der Waals surface area contributed by atoms with Gasteiger partial charge in [-0.2, -0.15) is 5.10 Å². The number of hydrogen-bond acceptors (Lipinski definition) is 3. The number of hydrazine groups is 1. The van der Waals surface area contributed by atoms with E-state index in [1.807, 2.05) is 23.7 Å². The molecule has 3 N–H and O–H groups in total. The Hall–Kier alpha value is -1.07. The van der Waals surface area contributed by atoms with Crippen molar-refractivity contribution < 1.29 is 0 Å². The van der Waals surface area contributed by atoms with Gasteiger partial charge in [-0.1, -0.05) is 23.2 Å². The summed E-state index contributed by atoms with van der Waals surface area (Å²) < 4.78 is 1.98. The summed E-state index contributed by atoms with van der Waals surface area (Å²) in [7, 11) is 0. The van der Waals surface area contributed by atoms with Crippen molar-refractivity contribution >= 4 is 23.2 Å². The molecule has 0 radical (unpaired) electrons. The summed E-state index contributed by atoms with van der Waals surface area (Å²) in [5.74, 6) is 5.69. The number of nitrogens with zero attached hydrogens (tertiary/aromatic N) is 2. The van der Waals surface area contributed by atoms with E-state index in [-0.39, 0.29) is 6.04 Å². The second kappa shape index (κ2) is 6.59. The van der Waals surface area contributed by atoms with Gasteiger partial charge >= 0.3 is 0 Å². The topological polar surface area (TPSA) is 55.9 Å². The molecule has 2 aromatic rings. The lowest BCUT2D eigenvalue weighted by Crippen LogP contribution is -2.30. The highest BCUT2D eigenvalue weighted by Crippen LogP contribution is 2.25. The van der Waals surface area contributed by atoms with E-state index in [0.29, 0.717) is 10.0 Å². The quantitative estimate of drug-likeness (QED) is 0.658. The standard InChI is InChI=1S/C14H18Cl2N4/c1-3-20-13(4-9(2)19-20)8-14(18-17)10-5-11(15)7-12(16)6-10/h4-7,14,18H,3,8,17H2,1-2H3. The molecule has 1 aromatic carbocycles. The van der Waals surface area contributed by atoms with Gasteiger partial charge in [0.15, 0.2) is 0 Å². The molecular formula is C14H18Cl2N4. The van der Waals surface area contributed by atoms with Gasteiger partial charge in [-0.3, -0.25) is 16.0 Å². The van der Waals surface area contributed by atoms with Gasteiger partial charge in [-0.25, -0.2) is 0 Å². The fourth-order valence-electron chi connectivity index (χ4n) is 2.30. The van der Waals surface area contributed by atoms with Gasteiger partial charge in [0.1, 0.15) is 0 Å². The molecule has 0 aliphatic rings. The SMILES string of the molecule is CCn1nc(C)cc1CC(NN)c1cc(Cl)cc(Cl)c1. The van der Waals surface area contributed by atoms with Crippen molar-refractivity contribution in [3.05, 3.63) is 51.3 Å². The second-order valence-corrected chi connectivity index (χ2v) is 5.59. The summed E-state index contributed by atoms with van der Waals surface area (Å²) in [4.78, 5) is 0. The summed E-state index contributed by atoms with van der Waals surface area (Å²) in [5, 5.41) is 5.65. The maximum absolute atomic E-state index is 6.05. The van der Waals surface area contributed by atoms with E-state index in [1.165, 1.54) is 0 Å². The maximum atomic E-state index is 6.05. The summed E-state index contributed by atoms with van der Waals surface area (Å²) in [6.45, 7) is 4.88. The van der Waals surface area contributed by atoms with Gasteiger partial charge in [0.2, 0.25) is 0 Å². The number of aromatic nitrogens is 2. The summed E-state index contributed by atoms with van der Waals surface area (Å²) in [6.07, 6.45) is 0.724. The Kier molecular flexibility index (Phi) is 5.05. The fraction of sp³-hybridized carbons (Fsp3) is 0.357. The minimum absolute atomic E-state index is 0.0624. The van der Waals surface area contributed by atoms with Crippen LogP contribution in [0.15, 0.2) is 24.3 Å². The molecule has 0 aliphatic carbocycles. The van der Waals surface area contributed by atoms with Crippen LogP contribution in [0.5, 0.6) is 0 Å². The Morgan fingerprint density at radius 3 is 2.45 bits per heavy atom. The highest BCUT2D eigenvalue weighted by molar-refractivity contribution is 6.34. The van der Waals surface area contributed by atoms with Gasteiger partial charge in [0.25, 0.3) is 0 Å². The lowest BCUT2D eigenvalue weighted by Gasteiger charge is -2.17. The van der Waals surface area contributed by atoms with Crippen molar-refractivity contribution in [3.63, 3.8) is 0 Å². The molecule has 0 fully saturated rings. The Labute approximate surface area is 128 Å². The Morgan fingerprint density at radius 2 is 1.90 bits per heavy atom. The lowest BCUT2D eigenvalue weighted by atomic mass is 10.0. The average Bonchev–Trinajstić information content (AvgIpc) is 2.74. The van der Waals surface area contributed by atoms with Crippen LogP contribution in [0.4, 0.5) is 0 Å². The zero-order chi connectivity index (χ0) is 14.7. The number of aryl methyl sites for hydroxylation is 2. The van der Waals surface area contributed by atoms with Crippen LogP contribution < -0.4 is 11.3 Å². The largest absolute Gasteiger partial charge is 0.271 e. The lowest BCUT2D eigenvalue weighted by molar-refractivity contribution is 0.517. The van der Waals surface area contributed by atoms with E-state index >= 15 is 0 Å². The molecule has 1 aromatic heterocycles. The van der Waals surface area contributed by atoms with Crippen LogP contribution in [-0.4, -0.2) is 9.78 Å². The molecule has 0 bridgehead atoms. The van der Waals surface area contributed by atoms with Gasteiger partial charge < -0.3 is 0 Å². The zero-order valence-electron chi connectivity index (χ0n) is 11.5. The highest BCUT2D eigenvalue weighted by Gasteiger charge is 2.15. The van der Waals surface area contributed by atoms with E-state index in [2.05, 4.69) is 23.5 Å². The van der Waals surface area contributed by atoms with Crippen LogP contribution in [-0.2, 0) is 13.0 Å². The van der Waals surface area contributed by atoms with Crippen LogP contribution in [0.2, 0.25) is 10.0 Å². The van der Waals surface area contributed by atoms with Crippen LogP contribution in [0.1, 0.15) is 29.9 Å². The van der Waals surface area contributed by atoms with Crippen molar-refractivity contribution in [2.24, 2.45) is 5.84 Å². The minimum Gasteiger partial charge on any atom is -0.271 e. The number of halogens is 2. The summed E-state index contributed by atoms with van der Waals surface area (Å²) >= 11 is 12.1. The van der Waals surface area contributed by atoms with Crippen LogP contribution >= 0.6 is 23.2 Å². The normalized spacial score (nSPS) is 12.7. The Morgan fingerprint density at radius 1 is 1.25 bits per heavy atom. The van der Waals surface area contributed by atoms with Crippen LogP contribution in [0, 0.1) is 6.92 Å². The fourth-order valence-corrected chi connectivity index (χ4v) is 2.84. The predicted molar refractivity (Wildman–Crippen MR) is 82.9 cm³/mol. The average molecular weight is 313 g/mol. The van der Waals surface area contributed by atoms with Gasteiger partial charge in [0, 0.05) is 28.7 Å². The van der Waals surface area contributed by atoms with Crippen LogP contribution in [0.3, 0.4) is 0 Å². The number of nitrogens with one attached hydrogen (secondary N) is 1. The Bertz CT molecular complexity index is 575. The van der Waals surface area contributed by atoms with E-state index in [1.54, 1.807) is 6.07 Å². The molecule has 0 saturated heterocycles. The third kappa shape index (κ3) is 3.52. The molecule has 1 atom stereocenters. The van der Waals surface area contributed by atoms with E-state index in [4.69, 9.17) is 29.0 Å². The molecule has 2 rings (SSSR count). The number of hydrogen-bond donors (Lipinski definition) is 2. The van der Waals surface area contributed by atoms with Crippen molar-refractivity contribution in [1.29, 1.82) is 0 Å². The molecule has 20 heavy (non-hydrogen) atoms. The van der Waals surface area contributed by atoms with E-state index in [0.717, 1.165) is 29.9 Å². The number of rotatable bonds is 5. The van der Waals surface area contributed by atoms with Gasteiger partial charge in [-0.15, -0.1) is 0 Å². The smallest absolute Gasteiger partial charge is 0.0596 e. The molecule has 0 aliphatic heterocycles. The van der Waals surface area contributed by atoms with Gasteiger partial charge in [0.05, 0.1) is 11.7 Å². The van der Waals surface area contributed by atoms with Crippen molar-refractivity contribution in [1.82, 2.24) is 15.2 Å². The highest BCUT2D eigenvalue weighted by atomic mass is 35.5. The third-order valence-electron chi connectivity index (χ3n) is 3.19. The molecule has 1 unspecified atom stereocenters. The monoisotopic (exact) mass is 312 g/mol. The molecule has 0 amide bonds. The van der Waals surface area contributed by atoms with Crippen molar-refractivity contribution in [2.75, 3.05) is 0 Å². The summed E-state index contributed by atoms with van der Waals surface area (Å²) in [6, 6.07) is 7.46. The maximum Gasteiger partial charge on any atom is 0.0596 e. The third-order valence-corrected chi connectivity index (χ3v) is 3.62. The first-order chi connectivity index (χ1) is 9.53. The molecule has 0 spiro atoms. The molecule has 1 heterocycles. The van der Waals surface area contributed by atoms with E-state index < -0.39 is 0 Å². The Balaban J connectivity index is 2.28. The van der Waals surface area contributed by atoms with Crippen molar-refractivity contribution in [2.45, 2.75) is 32.9 Å². The number of nitrogens with two attached hydrogens (primary N) is 1. The first-order valence-corrected chi connectivity index (χ1v) is 7.24. The van der Waals surface area contributed by atoms with E-state index in [9.17, 15) is 0 Å². The predicted octanol–water partition coefficient (Wildman–Crippen LogP) is 3.27. The van der Waals surface area contributed by atoms with Crippen molar-refractivity contribution in [3.8, 4) is 0 Å². The first kappa shape index (κ1) is 15.3. The first-order valence-electron chi connectivity index (χ1n) is 6.49. The molecule has 108 valence electrons. The zero-order valence-corrected chi connectivity index (χ0v) is 13.0. The molecular weight excluding hydrogens is 295 g/mol. The summed E-state index contributed by atoms with van der Waals surface area (Å²) in [5.41, 5.74) is 5.92. The number of benzene rings is 1. The minimum atomic E-state index is -0.0624.